The SMILES string of the molecule is CC1CC(C(=O)Nc2ccc(OC(F)F)c(Cl)c2)CCN1. The Labute approximate surface area is 126 Å². The van der Waals surface area contributed by atoms with E-state index in [4.69, 9.17) is 11.6 Å². The number of piperidine rings is 1. The maximum absolute atomic E-state index is 12.2. The van der Waals surface area contributed by atoms with Gasteiger partial charge in [-0.25, -0.2) is 0 Å². The van der Waals surface area contributed by atoms with E-state index in [0.717, 1.165) is 19.4 Å². The van der Waals surface area contributed by atoms with Crippen molar-refractivity contribution in [2.75, 3.05) is 11.9 Å². The van der Waals surface area contributed by atoms with Crippen LogP contribution in [-0.2, 0) is 4.79 Å². The molecule has 4 nitrogen and oxygen atoms in total. The van der Waals surface area contributed by atoms with E-state index < -0.39 is 6.61 Å². The van der Waals surface area contributed by atoms with Gasteiger partial charge in [0, 0.05) is 17.6 Å². The van der Waals surface area contributed by atoms with Crippen molar-refractivity contribution in [1.29, 1.82) is 0 Å². The lowest BCUT2D eigenvalue weighted by atomic mass is 9.92. The van der Waals surface area contributed by atoms with E-state index in [9.17, 15) is 13.6 Å². The van der Waals surface area contributed by atoms with Crippen LogP contribution in [0.2, 0.25) is 5.02 Å². The first-order chi connectivity index (χ1) is 9.95. The molecule has 1 aliphatic heterocycles. The van der Waals surface area contributed by atoms with Crippen LogP contribution < -0.4 is 15.4 Å². The van der Waals surface area contributed by atoms with Gasteiger partial charge in [0.25, 0.3) is 0 Å². The molecule has 0 aliphatic carbocycles. The first-order valence-electron chi connectivity index (χ1n) is 6.74. The molecule has 0 saturated carbocycles. The van der Waals surface area contributed by atoms with Crippen molar-refractivity contribution in [3.8, 4) is 5.75 Å². The predicted octanol–water partition coefficient (Wildman–Crippen LogP) is 3.27. The monoisotopic (exact) mass is 318 g/mol. The largest absolute Gasteiger partial charge is 0.433 e. The minimum atomic E-state index is -2.93. The highest BCUT2D eigenvalue weighted by molar-refractivity contribution is 6.32. The molecule has 0 bridgehead atoms. The molecule has 1 aliphatic rings. The maximum atomic E-state index is 12.2. The molecule has 1 fully saturated rings. The van der Waals surface area contributed by atoms with Crippen LogP contribution >= 0.6 is 11.6 Å². The zero-order valence-electron chi connectivity index (χ0n) is 11.5. The third-order valence-electron chi connectivity index (χ3n) is 3.41. The molecule has 21 heavy (non-hydrogen) atoms. The number of benzene rings is 1. The Bertz CT molecular complexity index is 514. The number of hydrogen-bond donors (Lipinski definition) is 2. The molecule has 1 saturated heterocycles. The Morgan fingerprint density at radius 3 is 2.90 bits per heavy atom. The summed E-state index contributed by atoms with van der Waals surface area (Å²) < 4.78 is 28.5. The summed E-state index contributed by atoms with van der Waals surface area (Å²) in [6, 6.07) is 4.52. The number of amides is 1. The smallest absolute Gasteiger partial charge is 0.387 e. The lowest BCUT2D eigenvalue weighted by Gasteiger charge is -2.27. The summed E-state index contributed by atoms with van der Waals surface area (Å²) in [5.41, 5.74) is 0.470. The van der Waals surface area contributed by atoms with Crippen LogP contribution in [0.4, 0.5) is 14.5 Å². The molecule has 1 aromatic carbocycles. The van der Waals surface area contributed by atoms with E-state index in [0.29, 0.717) is 11.7 Å². The van der Waals surface area contributed by atoms with Crippen LogP contribution in [0.5, 0.6) is 5.75 Å². The third-order valence-corrected chi connectivity index (χ3v) is 3.71. The van der Waals surface area contributed by atoms with Gasteiger partial charge in [-0.3, -0.25) is 4.79 Å². The number of alkyl halides is 2. The van der Waals surface area contributed by atoms with Gasteiger partial charge in [0.1, 0.15) is 5.75 Å². The summed E-state index contributed by atoms with van der Waals surface area (Å²) in [7, 11) is 0. The molecule has 1 amide bonds. The molecule has 2 unspecified atom stereocenters. The molecular weight excluding hydrogens is 302 g/mol. The van der Waals surface area contributed by atoms with Crippen molar-refractivity contribution < 1.29 is 18.3 Å². The quantitative estimate of drug-likeness (QED) is 0.896. The molecule has 1 aromatic rings. The van der Waals surface area contributed by atoms with Gasteiger partial charge in [0.15, 0.2) is 0 Å². The lowest BCUT2D eigenvalue weighted by molar-refractivity contribution is -0.120. The van der Waals surface area contributed by atoms with Gasteiger partial charge in [-0.05, 0) is 44.5 Å². The normalized spacial score (nSPS) is 22.1. The minimum absolute atomic E-state index is 0.0341. The van der Waals surface area contributed by atoms with Crippen molar-refractivity contribution in [3.63, 3.8) is 0 Å². The van der Waals surface area contributed by atoms with Crippen molar-refractivity contribution >= 4 is 23.2 Å². The number of anilines is 1. The molecule has 0 aromatic heterocycles. The zero-order chi connectivity index (χ0) is 15.4. The van der Waals surface area contributed by atoms with Gasteiger partial charge in [0.05, 0.1) is 5.02 Å². The Kier molecular flexibility index (Phi) is 5.36. The van der Waals surface area contributed by atoms with Crippen LogP contribution in [0.25, 0.3) is 0 Å². The fourth-order valence-corrected chi connectivity index (χ4v) is 2.61. The number of hydrogen-bond acceptors (Lipinski definition) is 3. The van der Waals surface area contributed by atoms with Gasteiger partial charge in [-0.15, -0.1) is 0 Å². The van der Waals surface area contributed by atoms with Crippen LogP contribution in [0.3, 0.4) is 0 Å². The lowest BCUT2D eigenvalue weighted by Crippen LogP contribution is -2.40. The fourth-order valence-electron chi connectivity index (χ4n) is 2.38. The van der Waals surface area contributed by atoms with Crippen LogP contribution in [0.1, 0.15) is 19.8 Å². The molecule has 0 spiro atoms. The van der Waals surface area contributed by atoms with E-state index in [1.54, 1.807) is 0 Å². The van der Waals surface area contributed by atoms with E-state index >= 15 is 0 Å². The van der Waals surface area contributed by atoms with Gasteiger partial charge in [-0.1, -0.05) is 11.6 Å². The van der Waals surface area contributed by atoms with Crippen molar-refractivity contribution in [2.24, 2.45) is 5.92 Å². The van der Waals surface area contributed by atoms with Gasteiger partial charge in [0.2, 0.25) is 5.91 Å². The van der Waals surface area contributed by atoms with Gasteiger partial charge >= 0.3 is 6.61 Å². The number of rotatable bonds is 4. The maximum Gasteiger partial charge on any atom is 0.387 e. The average molecular weight is 319 g/mol. The summed E-state index contributed by atoms with van der Waals surface area (Å²) in [6.45, 7) is -0.0901. The second kappa shape index (κ2) is 7.04. The molecule has 116 valence electrons. The first-order valence-corrected chi connectivity index (χ1v) is 7.12. The number of halogens is 3. The molecule has 0 radical (unpaired) electrons. The summed E-state index contributed by atoms with van der Waals surface area (Å²) >= 11 is 5.85. The van der Waals surface area contributed by atoms with E-state index in [1.165, 1.54) is 18.2 Å². The first kappa shape index (κ1) is 16.0. The van der Waals surface area contributed by atoms with E-state index in [1.807, 2.05) is 6.92 Å². The van der Waals surface area contributed by atoms with Crippen molar-refractivity contribution in [1.82, 2.24) is 5.32 Å². The number of nitrogens with one attached hydrogen (secondary N) is 2. The third kappa shape index (κ3) is 4.54. The van der Waals surface area contributed by atoms with E-state index in [-0.39, 0.29) is 22.6 Å². The molecular formula is C14H17ClF2N2O2. The minimum Gasteiger partial charge on any atom is -0.433 e. The Morgan fingerprint density at radius 2 is 2.29 bits per heavy atom. The second-order valence-corrected chi connectivity index (χ2v) is 5.50. The number of carbonyl (C=O) groups is 1. The Hall–Kier alpha value is -1.40. The molecule has 1 heterocycles. The number of carbonyl (C=O) groups excluding carboxylic acids is 1. The van der Waals surface area contributed by atoms with E-state index in [2.05, 4.69) is 15.4 Å². The summed E-state index contributed by atoms with van der Waals surface area (Å²) in [6.07, 6.45) is 1.54. The van der Waals surface area contributed by atoms with Crippen molar-refractivity contribution in [2.45, 2.75) is 32.4 Å². The summed E-state index contributed by atoms with van der Waals surface area (Å²) in [4.78, 5) is 12.2. The average Bonchev–Trinajstić information content (AvgIpc) is 2.41. The topological polar surface area (TPSA) is 50.4 Å². The van der Waals surface area contributed by atoms with Crippen LogP contribution in [0.15, 0.2) is 18.2 Å². The molecule has 7 heteroatoms. The Morgan fingerprint density at radius 1 is 1.52 bits per heavy atom. The van der Waals surface area contributed by atoms with Crippen LogP contribution in [-0.4, -0.2) is 25.1 Å². The molecule has 2 atom stereocenters. The predicted molar refractivity (Wildman–Crippen MR) is 76.9 cm³/mol. The fraction of sp³-hybridized carbons (Fsp3) is 0.500. The summed E-state index contributed by atoms with van der Waals surface area (Å²) in [5.74, 6) is -0.251. The highest BCUT2D eigenvalue weighted by Gasteiger charge is 2.24. The Balaban J connectivity index is 1.99. The van der Waals surface area contributed by atoms with Crippen molar-refractivity contribution in [3.05, 3.63) is 23.2 Å². The zero-order valence-corrected chi connectivity index (χ0v) is 12.3. The van der Waals surface area contributed by atoms with Gasteiger partial charge in [-0.2, -0.15) is 8.78 Å². The van der Waals surface area contributed by atoms with Crippen LogP contribution in [0, 0.1) is 5.92 Å². The molecule has 2 N–H and O–H groups in total. The summed E-state index contributed by atoms with van der Waals surface area (Å²) in [5, 5.41) is 6.07. The standard InChI is InChI=1S/C14H17ClF2N2O2/c1-8-6-9(4-5-18-8)13(20)19-10-2-3-12(11(15)7-10)21-14(16)17/h2-3,7-9,14,18H,4-6H2,1H3,(H,19,20). The second-order valence-electron chi connectivity index (χ2n) is 5.09. The molecule has 2 rings (SSSR count). The highest BCUT2D eigenvalue weighted by atomic mass is 35.5. The number of ether oxygens (including phenoxy) is 1. The van der Waals surface area contributed by atoms with Gasteiger partial charge < -0.3 is 15.4 Å². The highest BCUT2D eigenvalue weighted by Crippen LogP contribution is 2.29.